The zero-order valence-electron chi connectivity index (χ0n) is 8.88. The summed E-state index contributed by atoms with van der Waals surface area (Å²) in [5, 5.41) is 11.8. The summed E-state index contributed by atoms with van der Waals surface area (Å²) in [7, 11) is 1.72. The lowest BCUT2D eigenvalue weighted by Crippen LogP contribution is -2.29. The van der Waals surface area contributed by atoms with Gasteiger partial charge in [-0.25, -0.2) is 0 Å². The first-order valence-electron chi connectivity index (χ1n) is 5.24. The van der Waals surface area contributed by atoms with Gasteiger partial charge in [-0.05, 0) is 13.5 Å². The SMILES string of the molecule is CCCCCCCOC[C@H](O)NC. The van der Waals surface area contributed by atoms with Crippen molar-refractivity contribution >= 4 is 0 Å². The van der Waals surface area contributed by atoms with Gasteiger partial charge in [0.1, 0.15) is 6.23 Å². The summed E-state index contributed by atoms with van der Waals surface area (Å²) in [4.78, 5) is 0. The first-order chi connectivity index (χ1) is 6.31. The lowest BCUT2D eigenvalue weighted by atomic mass is 10.2. The normalized spacial score (nSPS) is 13.2. The number of rotatable bonds is 9. The fraction of sp³-hybridized carbons (Fsp3) is 1.00. The van der Waals surface area contributed by atoms with E-state index < -0.39 is 6.23 Å². The molecule has 2 N–H and O–H groups in total. The van der Waals surface area contributed by atoms with E-state index in [2.05, 4.69) is 12.2 Å². The summed E-state index contributed by atoms with van der Waals surface area (Å²) in [6.07, 6.45) is 5.72. The van der Waals surface area contributed by atoms with Gasteiger partial charge in [-0.1, -0.05) is 32.6 Å². The van der Waals surface area contributed by atoms with Crippen LogP contribution in [0.15, 0.2) is 0 Å². The Hall–Kier alpha value is -0.120. The van der Waals surface area contributed by atoms with Crippen LogP contribution in [0.5, 0.6) is 0 Å². The second-order valence-electron chi connectivity index (χ2n) is 3.29. The molecule has 3 heteroatoms. The van der Waals surface area contributed by atoms with Gasteiger partial charge in [-0.2, -0.15) is 0 Å². The van der Waals surface area contributed by atoms with E-state index in [9.17, 15) is 0 Å². The average molecular weight is 189 g/mol. The van der Waals surface area contributed by atoms with Gasteiger partial charge >= 0.3 is 0 Å². The molecule has 0 heterocycles. The third-order valence-corrected chi connectivity index (χ3v) is 2.00. The van der Waals surface area contributed by atoms with Gasteiger partial charge in [0.15, 0.2) is 0 Å². The van der Waals surface area contributed by atoms with E-state index in [4.69, 9.17) is 9.84 Å². The quantitative estimate of drug-likeness (QED) is 0.427. The second kappa shape index (κ2) is 9.96. The summed E-state index contributed by atoms with van der Waals surface area (Å²) >= 11 is 0. The highest BCUT2D eigenvalue weighted by Crippen LogP contribution is 2.02. The Balaban J connectivity index is 2.91. The van der Waals surface area contributed by atoms with Gasteiger partial charge in [0, 0.05) is 6.61 Å². The first kappa shape index (κ1) is 12.9. The van der Waals surface area contributed by atoms with Crippen LogP contribution in [0.1, 0.15) is 39.0 Å². The molecule has 0 fully saturated rings. The molecule has 0 aliphatic rings. The van der Waals surface area contributed by atoms with Gasteiger partial charge < -0.3 is 9.84 Å². The predicted molar refractivity (Wildman–Crippen MR) is 54.6 cm³/mol. The molecule has 0 aromatic carbocycles. The summed E-state index contributed by atoms with van der Waals surface area (Å²) in [5.74, 6) is 0. The topological polar surface area (TPSA) is 41.5 Å². The lowest BCUT2D eigenvalue weighted by molar-refractivity contribution is 0.0217. The fourth-order valence-electron chi connectivity index (χ4n) is 1.09. The third-order valence-electron chi connectivity index (χ3n) is 2.00. The molecule has 0 amide bonds. The molecule has 0 rings (SSSR count). The van der Waals surface area contributed by atoms with Crippen LogP contribution in [0, 0.1) is 0 Å². The van der Waals surface area contributed by atoms with Crippen molar-refractivity contribution in [1.82, 2.24) is 5.32 Å². The largest absolute Gasteiger partial charge is 0.377 e. The Labute approximate surface area is 81.5 Å². The van der Waals surface area contributed by atoms with E-state index >= 15 is 0 Å². The monoisotopic (exact) mass is 189 g/mol. The summed E-state index contributed by atoms with van der Waals surface area (Å²) in [5.41, 5.74) is 0. The number of likely N-dealkylation sites (N-methyl/N-ethyl adjacent to an activating group) is 1. The number of aliphatic hydroxyl groups excluding tert-OH is 1. The van der Waals surface area contributed by atoms with Crippen molar-refractivity contribution in [2.75, 3.05) is 20.3 Å². The lowest BCUT2D eigenvalue weighted by Gasteiger charge is -2.09. The molecule has 13 heavy (non-hydrogen) atoms. The number of ether oxygens (including phenoxy) is 1. The zero-order valence-corrected chi connectivity index (χ0v) is 8.88. The van der Waals surface area contributed by atoms with Crippen LogP contribution in [0.3, 0.4) is 0 Å². The number of nitrogens with one attached hydrogen (secondary N) is 1. The van der Waals surface area contributed by atoms with E-state index in [0.29, 0.717) is 6.61 Å². The molecule has 0 aromatic heterocycles. The van der Waals surface area contributed by atoms with Crippen molar-refractivity contribution in [3.8, 4) is 0 Å². The Bertz CT molecular complexity index is 98.9. The molecule has 0 aliphatic heterocycles. The number of hydrogen-bond acceptors (Lipinski definition) is 3. The van der Waals surface area contributed by atoms with Crippen molar-refractivity contribution in [2.45, 2.75) is 45.3 Å². The maximum atomic E-state index is 9.06. The second-order valence-corrected chi connectivity index (χ2v) is 3.29. The Morgan fingerprint density at radius 3 is 2.54 bits per heavy atom. The van der Waals surface area contributed by atoms with Gasteiger partial charge in [0.2, 0.25) is 0 Å². The molecule has 0 aromatic rings. The predicted octanol–water partition coefficient (Wildman–Crippen LogP) is 1.51. The van der Waals surface area contributed by atoms with Crippen LogP contribution >= 0.6 is 0 Å². The maximum absolute atomic E-state index is 9.06. The Morgan fingerprint density at radius 2 is 1.92 bits per heavy atom. The highest BCUT2D eigenvalue weighted by Gasteiger charge is 1.98. The third kappa shape index (κ3) is 9.80. The molecule has 3 nitrogen and oxygen atoms in total. The van der Waals surface area contributed by atoms with E-state index in [1.807, 2.05) is 0 Å². The van der Waals surface area contributed by atoms with Crippen molar-refractivity contribution in [3.05, 3.63) is 0 Å². The molecule has 0 radical (unpaired) electrons. The van der Waals surface area contributed by atoms with Gasteiger partial charge in [0.05, 0.1) is 6.61 Å². The molecule has 1 atom stereocenters. The van der Waals surface area contributed by atoms with Crippen LogP contribution in [0.2, 0.25) is 0 Å². The van der Waals surface area contributed by atoms with Crippen LogP contribution in [-0.4, -0.2) is 31.6 Å². The molecule has 0 saturated carbocycles. The van der Waals surface area contributed by atoms with Crippen LogP contribution in [0.4, 0.5) is 0 Å². The van der Waals surface area contributed by atoms with Crippen LogP contribution in [0.25, 0.3) is 0 Å². The maximum Gasteiger partial charge on any atom is 0.128 e. The van der Waals surface area contributed by atoms with Gasteiger partial charge in [-0.3, -0.25) is 5.32 Å². The molecular formula is C10H23NO2. The van der Waals surface area contributed by atoms with Crippen molar-refractivity contribution in [3.63, 3.8) is 0 Å². The smallest absolute Gasteiger partial charge is 0.128 e. The van der Waals surface area contributed by atoms with E-state index in [1.165, 1.54) is 25.7 Å². The fourth-order valence-corrected chi connectivity index (χ4v) is 1.09. The summed E-state index contributed by atoms with van der Waals surface area (Å²) < 4.78 is 5.25. The van der Waals surface area contributed by atoms with Crippen molar-refractivity contribution in [1.29, 1.82) is 0 Å². The first-order valence-corrected chi connectivity index (χ1v) is 5.24. The van der Waals surface area contributed by atoms with Gasteiger partial charge in [0.25, 0.3) is 0 Å². The number of unbranched alkanes of at least 4 members (excludes halogenated alkanes) is 4. The zero-order chi connectivity index (χ0) is 9.94. The van der Waals surface area contributed by atoms with E-state index in [0.717, 1.165) is 13.0 Å². The van der Waals surface area contributed by atoms with Crippen molar-refractivity contribution < 1.29 is 9.84 Å². The molecule has 80 valence electrons. The highest BCUT2D eigenvalue weighted by atomic mass is 16.5. The van der Waals surface area contributed by atoms with Crippen molar-refractivity contribution in [2.24, 2.45) is 0 Å². The highest BCUT2D eigenvalue weighted by molar-refractivity contribution is 4.46. The standard InChI is InChI=1S/C10H23NO2/c1-3-4-5-6-7-8-13-9-10(12)11-2/h10-12H,3-9H2,1-2H3/t10-/m0/s1. The Kier molecular flexibility index (Phi) is 9.87. The molecule has 0 bridgehead atoms. The minimum atomic E-state index is -0.518. The molecule has 0 spiro atoms. The molecule has 0 saturated heterocycles. The number of hydrogen-bond donors (Lipinski definition) is 2. The van der Waals surface area contributed by atoms with Crippen LogP contribution < -0.4 is 5.32 Å². The minimum Gasteiger partial charge on any atom is -0.377 e. The molecule has 0 aliphatic carbocycles. The molecule has 0 unspecified atom stereocenters. The van der Waals surface area contributed by atoms with Gasteiger partial charge in [-0.15, -0.1) is 0 Å². The molecular weight excluding hydrogens is 166 g/mol. The van der Waals surface area contributed by atoms with E-state index in [1.54, 1.807) is 7.05 Å². The average Bonchev–Trinajstić information content (AvgIpc) is 2.16. The number of aliphatic hydroxyl groups is 1. The Morgan fingerprint density at radius 1 is 1.23 bits per heavy atom. The van der Waals surface area contributed by atoms with Crippen LogP contribution in [-0.2, 0) is 4.74 Å². The summed E-state index contributed by atoms with van der Waals surface area (Å²) in [6.45, 7) is 3.37. The van der Waals surface area contributed by atoms with E-state index in [-0.39, 0.29) is 0 Å². The summed E-state index contributed by atoms with van der Waals surface area (Å²) in [6, 6.07) is 0. The minimum absolute atomic E-state index is 0.393.